The predicted octanol–water partition coefficient (Wildman–Crippen LogP) is 3.77. The van der Waals surface area contributed by atoms with Gasteiger partial charge in [-0.1, -0.05) is 13.8 Å². The van der Waals surface area contributed by atoms with Crippen LogP contribution in [0, 0.1) is 11.7 Å². The molecule has 2 amide bonds. The standard InChI is InChI=1S/C15H21FN2O3/c1-9(2)13(19)18-12-8-10(6-7-11(12)16)17-14(20)21-15(3,4)5/h6-9H,1-5H3,(H,17,20)(H,18,19). The molecule has 21 heavy (non-hydrogen) atoms. The number of hydrogen-bond acceptors (Lipinski definition) is 3. The zero-order valence-corrected chi connectivity index (χ0v) is 12.9. The maximum absolute atomic E-state index is 13.6. The van der Waals surface area contributed by atoms with Crippen molar-refractivity contribution < 1.29 is 18.7 Å². The quantitative estimate of drug-likeness (QED) is 0.892. The molecule has 6 heteroatoms. The minimum absolute atomic E-state index is 0.0160. The van der Waals surface area contributed by atoms with Crippen LogP contribution in [0.1, 0.15) is 34.6 Å². The topological polar surface area (TPSA) is 67.4 Å². The maximum Gasteiger partial charge on any atom is 0.412 e. The van der Waals surface area contributed by atoms with Crippen LogP contribution in [-0.4, -0.2) is 17.6 Å². The van der Waals surface area contributed by atoms with Crippen LogP contribution in [0.15, 0.2) is 18.2 Å². The molecule has 0 bridgehead atoms. The second-order valence-corrected chi connectivity index (χ2v) is 5.97. The molecule has 0 radical (unpaired) electrons. The molecule has 5 nitrogen and oxygen atoms in total. The number of carbonyl (C=O) groups excluding carboxylic acids is 2. The minimum atomic E-state index is -0.643. The number of ether oxygens (including phenoxy) is 1. The molecular weight excluding hydrogens is 275 g/mol. The van der Waals surface area contributed by atoms with Crippen LogP contribution in [0.2, 0.25) is 0 Å². The van der Waals surface area contributed by atoms with Crippen LogP contribution in [0.5, 0.6) is 0 Å². The lowest BCUT2D eigenvalue weighted by atomic mass is 10.2. The van der Waals surface area contributed by atoms with Crippen molar-refractivity contribution in [3.8, 4) is 0 Å². The summed E-state index contributed by atoms with van der Waals surface area (Å²) in [5, 5.41) is 4.95. The monoisotopic (exact) mass is 296 g/mol. The summed E-state index contributed by atoms with van der Waals surface area (Å²) in [6.07, 6.45) is -0.643. The molecular formula is C15H21FN2O3. The third-order valence-corrected chi connectivity index (χ3v) is 2.39. The lowest BCUT2D eigenvalue weighted by molar-refractivity contribution is -0.118. The molecule has 1 rings (SSSR count). The van der Waals surface area contributed by atoms with Gasteiger partial charge in [0.15, 0.2) is 0 Å². The van der Waals surface area contributed by atoms with Crippen LogP contribution in [0.25, 0.3) is 0 Å². The Bertz CT molecular complexity index is 536. The van der Waals surface area contributed by atoms with Crippen molar-refractivity contribution >= 4 is 23.4 Å². The first-order valence-electron chi connectivity index (χ1n) is 6.69. The van der Waals surface area contributed by atoms with Gasteiger partial charge in [-0.3, -0.25) is 10.1 Å². The third-order valence-electron chi connectivity index (χ3n) is 2.39. The van der Waals surface area contributed by atoms with Crippen LogP contribution in [-0.2, 0) is 9.53 Å². The van der Waals surface area contributed by atoms with Gasteiger partial charge in [-0.25, -0.2) is 9.18 Å². The summed E-state index contributed by atoms with van der Waals surface area (Å²) >= 11 is 0. The van der Waals surface area contributed by atoms with Crippen LogP contribution in [0.4, 0.5) is 20.6 Å². The molecule has 1 aromatic rings. The number of anilines is 2. The van der Waals surface area contributed by atoms with Crippen molar-refractivity contribution in [3.05, 3.63) is 24.0 Å². The average Bonchev–Trinajstić information content (AvgIpc) is 2.30. The van der Waals surface area contributed by atoms with E-state index in [2.05, 4.69) is 10.6 Å². The first kappa shape index (κ1) is 16.9. The predicted molar refractivity (Wildman–Crippen MR) is 79.7 cm³/mol. The SMILES string of the molecule is CC(C)C(=O)Nc1cc(NC(=O)OC(C)(C)C)ccc1F. The van der Waals surface area contributed by atoms with Gasteiger partial charge in [-0.15, -0.1) is 0 Å². The van der Waals surface area contributed by atoms with E-state index in [4.69, 9.17) is 4.74 Å². The van der Waals surface area contributed by atoms with E-state index in [1.165, 1.54) is 18.2 Å². The Morgan fingerprint density at radius 3 is 2.33 bits per heavy atom. The second kappa shape index (κ2) is 6.56. The molecule has 2 N–H and O–H groups in total. The Labute approximate surface area is 123 Å². The van der Waals surface area contributed by atoms with Gasteiger partial charge in [0.25, 0.3) is 0 Å². The molecule has 1 aromatic carbocycles. The van der Waals surface area contributed by atoms with Gasteiger partial charge in [0.2, 0.25) is 5.91 Å². The zero-order chi connectivity index (χ0) is 16.2. The first-order chi connectivity index (χ1) is 9.58. The summed E-state index contributed by atoms with van der Waals surface area (Å²) in [5.74, 6) is -1.14. The van der Waals surface area contributed by atoms with Gasteiger partial charge in [0.1, 0.15) is 11.4 Å². The fraction of sp³-hybridized carbons (Fsp3) is 0.467. The van der Waals surface area contributed by atoms with Crippen LogP contribution in [0.3, 0.4) is 0 Å². The van der Waals surface area contributed by atoms with Crippen LogP contribution < -0.4 is 10.6 Å². The lowest BCUT2D eigenvalue weighted by Crippen LogP contribution is -2.27. The van der Waals surface area contributed by atoms with Gasteiger partial charge in [0.05, 0.1) is 5.69 Å². The van der Waals surface area contributed by atoms with Crippen molar-refractivity contribution in [3.63, 3.8) is 0 Å². The highest BCUT2D eigenvalue weighted by Gasteiger charge is 2.17. The molecule has 0 heterocycles. The smallest absolute Gasteiger partial charge is 0.412 e. The molecule has 0 aliphatic heterocycles. The zero-order valence-electron chi connectivity index (χ0n) is 12.9. The van der Waals surface area contributed by atoms with E-state index in [0.717, 1.165) is 0 Å². The Hall–Kier alpha value is -2.11. The Morgan fingerprint density at radius 1 is 1.19 bits per heavy atom. The molecule has 0 atom stereocenters. The van der Waals surface area contributed by atoms with Gasteiger partial charge < -0.3 is 10.1 Å². The summed E-state index contributed by atoms with van der Waals surface area (Å²) in [7, 11) is 0. The number of amides is 2. The summed E-state index contributed by atoms with van der Waals surface area (Å²) in [6.45, 7) is 8.63. The molecule has 0 aromatic heterocycles. The molecule has 0 saturated heterocycles. The van der Waals surface area contributed by atoms with E-state index in [1.807, 2.05) is 0 Å². The lowest BCUT2D eigenvalue weighted by Gasteiger charge is -2.20. The van der Waals surface area contributed by atoms with Crippen molar-refractivity contribution in [1.82, 2.24) is 0 Å². The maximum atomic E-state index is 13.6. The number of carbonyl (C=O) groups is 2. The van der Waals surface area contributed by atoms with E-state index in [0.29, 0.717) is 5.69 Å². The molecule has 0 saturated carbocycles. The number of rotatable bonds is 3. The summed E-state index contributed by atoms with van der Waals surface area (Å²) in [5.41, 5.74) is -0.273. The normalized spacial score (nSPS) is 11.2. The van der Waals surface area contributed by atoms with E-state index < -0.39 is 17.5 Å². The molecule has 116 valence electrons. The van der Waals surface area contributed by atoms with E-state index in [9.17, 15) is 14.0 Å². The number of nitrogens with one attached hydrogen (secondary N) is 2. The molecule has 0 fully saturated rings. The Morgan fingerprint density at radius 2 is 1.81 bits per heavy atom. The summed E-state index contributed by atoms with van der Waals surface area (Å²) in [4.78, 5) is 23.2. The van der Waals surface area contributed by atoms with E-state index in [1.54, 1.807) is 34.6 Å². The molecule has 0 aliphatic rings. The largest absolute Gasteiger partial charge is 0.444 e. The average molecular weight is 296 g/mol. The molecule has 0 spiro atoms. The van der Waals surface area contributed by atoms with Crippen molar-refractivity contribution in [2.45, 2.75) is 40.2 Å². The minimum Gasteiger partial charge on any atom is -0.444 e. The van der Waals surface area contributed by atoms with Gasteiger partial charge in [0, 0.05) is 11.6 Å². The van der Waals surface area contributed by atoms with Crippen molar-refractivity contribution in [1.29, 1.82) is 0 Å². The summed E-state index contributed by atoms with van der Waals surface area (Å²) < 4.78 is 18.7. The van der Waals surface area contributed by atoms with E-state index >= 15 is 0 Å². The Balaban J connectivity index is 2.82. The second-order valence-electron chi connectivity index (χ2n) is 5.97. The van der Waals surface area contributed by atoms with Crippen molar-refractivity contribution in [2.75, 3.05) is 10.6 Å². The molecule has 0 aliphatic carbocycles. The van der Waals surface area contributed by atoms with Gasteiger partial charge >= 0.3 is 6.09 Å². The fourth-order valence-electron chi connectivity index (χ4n) is 1.40. The fourth-order valence-corrected chi connectivity index (χ4v) is 1.40. The third kappa shape index (κ3) is 5.81. The number of benzene rings is 1. The molecule has 0 unspecified atom stereocenters. The highest BCUT2D eigenvalue weighted by molar-refractivity contribution is 5.93. The van der Waals surface area contributed by atoms with Gasteiger partial charge in [-0.2, -0.15) is 0 Å². The van der Waals surface area contributed by atoms with E-state index in [-0.39, 0.29) is 17.5 Å². The number of hydrogen-bond donors (Lipinski definition) is 2. The number of halogens is 1. The van der Waals surface area contributed by atoms with Crippen molar-refractivity contribution in [2.24, 2.45) is 5.92 Å². The van der Waals surface area contributed by atoms with Crippen LogP contribution >= 0.6 is 0 Å². The highest BCUT2D eigenvalue weighted by Crippen LogP contribution is 2.21. The summed E-state index contributed by atoms with van der Waals surface area (Å²) in [6, 6.07) is 3.91. The highest BCUT2D eigenvalue weighted by atomic mass is 19.1. The Kier molecular flexibility index (Phi) is 5.29. The van der Waals surface area contributed by atoms with Gasteiger partial charge in [-0.05, 0) is 39.0 Å². The first-order valence-corrected chi connectivity index (χ1v) is 6.69.